The van der Waals surface area contributed by atoms with E-state index in [1.54, 1.807) is 12.1 Å². The third kappa shape index (κ3) is 3.43. The number of hydrogen-bond donors (Lipinski definition) is 0. The average Bonchev–Trinajstić information content (AvgIpc) is 2.78. The Morgan fingerprint density at radius 1 is 1.33 bits per heavy atom. The Hall–Kier alpha value is -1.01. The van der Waals surface area contributed by atoms with Crippen molar-refractivity contribution >= 4 is 37.6 Å². The van der Waals surface area contributed by atoms with Crippen molar-refractivity contribution in [2.24, 2.45) is 0 Å². The zero-order valence-corrected chi connectivity index (χ0v) is 15.0. The number of Topliss-reactive ketones (excluding diaryl/α,β-unsaturated/α-hetero) is 1. The van der Waals surface area contributed by atoms with E-state index in [9.17, 15) is 9.18 Å². The predicted molar refractivity (Wildman–Crippen MR) is 87.1 cm³/mol. The maximum atomic E-state index is 13.5. The van der Waals surface area contributed by atoms with Crippen LogP contribution in [0.3, 0.4) is 0 Å². The molecule has 0 fully saturated rings. The number of aryl methyl sites for hydroxylation is 2. The first-order valence-electron chi connectivity index (χ1n) is 6.70. The summed E-state index contributed by atoms with van der Waals surface area (Å²) in [6.07, 6.45) is 0.990. The van der Waals surface area contributed by atoms with Crippen LogP contribution in [0.25, 0.3) is 0 Å². The maximum absolute atomic E-state index is 13.5. The van der Waals surface area contributed by atoms with Gasteiger partial charge in [-0.15, -0.1) is 0 Å². The Labute approximate surface area is 139 Å². The Balaban J connectivity index is 2.31. The van der Waals surface area contributed by atoms with Gasteiger partial charge < -0.3 is 0 Å². The lowest BCUT2D eigenvalue weighted by atomic mass is 10.1. The molecule has 0 aliphatic carbocycles. The van der Waals surface area contributed by atoms with Gasteiger partial charge >= 0.3 is 0 Å². The highest BCUT2D eigenvalue weighted by molar-refractivity contribution is 9.10. The summed E-state index contributed by atoms with van der Waals surface area (Å²) in [5, 5.41) is 4.46. The number of benzene rings is 1. The summed E-state index contributed by atoms with van der Waals surface area (Å²) in [4.78, 5) is 12.4. The fourth-order valence-corrected chi connectivity index (χ4v) is 3.06. The molecule has 0 saturated carbocycles. The summed E-state index contributed by atoms with van der Waals surface area (Å²) < 4.78 is 16.6. The van der Waals surface area contributed by atoms with Crippen molar-refractivity contribution < 1.29 is 9.18 Å². The van der Waals surface area contributed by atoms with Gasteiger partial charge in [0.1, 0.15) is 5.82 Å². The third-order valence-electron chi connectivity index (χ3n) is 3.26. The molecule has 2 aromatic rings. The van der Waals surface area contributed by atoms with Gasteiger partial charge in [-0.3, -0.25) is 9.48 Å². The summed E-state index contributed by atoms with van der Waals surface area (Å²) in [6.45, 7) is 4.69. The Morgan fingerprint density at radius 3 is 2.62 bits per heavy atom. The topological polar surface area (TPSA) is 34.9 Å². The largest absolute Gasteiger partial charge is 0.294 e. The van der Waals surface area contributed by atoms with Crippen LogP contribution in [0.5, 0.6) is 0 Å². The van der Waals surface area contributed by atoms with Crippen molar-refractivity contribution in [3.63, 3.8) is 0 Å². The lowest BCUT2D eigenvalue weighted by molar-refractivity contribution is 0.0990. The van der Waals surface area contributed by atoms with Crippen molar-refractivity contribution in [1.82, 2.24) is 9.78 Å². The smallest absolute Gasteiger partial charge is 0.168 e. The minimum absolute atomic E-state index is 0.126. The minimum Gasteiger partial charge on any atom is -0.294 e. The zero-order valence-electron chi connectivity index (χ0n) is 11.8. The molecular formula is C15H15Br2FN2O. The van der Waals surface area contributed by atoms with Gasteiger partial charge in [-0.05, 0) is 57.3 Å². The van der Waals surface area contributed by atoms with Crippen molar-refractivity contribution in [1.29, 1.82) is 0 Å². The number of rotatable bonds is 5. The molecule has 6 heteroatoms. The monoisotopic (exact) mass is 416 g/mol. The first-order chi connectivity index (χ1) is 9.97. The van der Waals surface area contributed by atoms with E-state index in [-0.39, 0.29) is 12.2 Å². The highest BCUT2D eigenvalue weighted by atomic mass is 79.9. The molecule has 1 heterocycles. The first kappa shape index (κ1) is 16.4. The number of hydrogen-bond acceptors (Lipinski definition) is 2. The predicted octanol–water partition coefficient (Wildman–Crippen LogP) is 4.55. The van der Waals surface area contributed by atoms with Crippen LogP contribution in [0.1, 0.15) is 35.6 Å². The quantitative estimate of drug-likeness (QED) is 0.668. The molecule has 0 spiro atoms. The SMILES string of the molecule is CCc1nn(CC)c(CC(=O)c2ccc(Br)c(F)c2)c1Br. The summed E-state index contributed by atoms with van der Waals surface area (Å²) in [5.41, 5.74) is 2.13. The van der Waals surface area contributed by atoms with Crippen LogP contribution < -0.4 is 0 Å². The number of carbonyl (C=O) groups is 1. The van der Waals surface area contributed by atoms with Gasteiger partial charge in [0.25, 0.3) is 0 Å². The molecule has 2 rings (SSSR count). The second-order valence-electron chi connectivity index (χ2n) is 4.61. The maximum Gasteiger partial charge on any atom is 0.168 e. The van der Waals surface area contributed by atoms with Gasteiger partial charge in [0.05, 0.1) is 26.8 Å². The average molecular weight is 418 g/mol. The fraction of sp³-hybridized carbons (Fsp3) is 0.333. The number of halogens is 3. The second-order valence-corrected chi connectivity index (χ2v) is 6.25. The molecule has 0 saturated heterocycles. The van der Waals surface area contributed by atoms with Crippen molar-refractivity contribution in [2.45, 2.75) is 33.2 Å². The molecular weight excluding hydrogens is 403 g/mol. The van der Waals surface area contributed by atoms with E-state index in [4.69, 9.17) is 0 Å². The van der Waals surface area contributed by atoms with E-state index >= 15 is 0 Å². The normalized spacial score (nSPS) is 10.9. The molecule has 21 heavy (non-hydrogen) atoms. The number of ketones is 1. The van der Waals surface area contributed by atoms with Crippen LogP contribution in [-0.4, -0.2) is 15.6 Å². The lowest BCUT2D eigenvalue weighted by Crippen LogP contribution is -2.10. The van der Waals surface area contributed by atoms with Crippen LogP contribution in [0.15, 0.2) is 27.1 Å². The number of nitrogens with zero attached hydrogens (tertiary/aromatic N) is 2. The van der Waals surface area contributed by atoms with Crippen LogP contribution in [0.2, 0.25) is 0 Å². The van der Waals surface area contributed by atoms with Gasteiger partial charge in [0.2, 0.25) is 0 Å². The molecule has 0 unspecified atom stereocenters. The number of carbonyl (C=O) groups excluding carboxylic acids is 1. The zero-order chi connectivity index (χ0) is 15.6. The molecule has 0 atom stereocenters. The van der Waals surface area contributed by atoms with Crippen LogP contribution in [-0.2, 0) is 19.4 Å². The standard InChI is InChI=1S/C15H15Br2FN2O/c1-3-12-15(17)13(20(4-2)19-12)8-14(21)9-5-6-10(16)11(18)7-9/h5-7H,3-4,8H2,1-2H3. The summed E-state index contributed by atoms with van der Waals surface area (Å²) in [6, 6.07) is 4.43. The molecule has 0 aliphatic rings. The van der Waals surface area contributed by atoms with Gasteiger partial charge in [-0.1, -0.05) is 13.0 Å². The molecule has 0 N–H and O–H groups in total. The van der Waals surface area contributed by atoms with Crippen molar-refractivity contribution in [3.8, 4) is 0 Å². The molecule has 0 radical (unpaired) electrons. The number of aromatic nitrogens is 2. The second kappa shape index (κ2) is 6.83. The van der Waals surface area contributed by atoms with Crippen LogP contribution in [0, 0.1) is 5.82 Å². The lowest BCUT2D eigenvalue weighted by Gasteiger charge is -2.06. The first-order valence-corrected chi connectivity index (χ1v) is 8.28. The van der Waals surface area contributed by atoms with Gasteiger partial charge in [-0.25, -0.2) is 4.39 Å². The van der Waals surface area contributed by atoms with E-state index in [2.05, 4.69) is 37.0 Å². The molecule has 112 valence electrons. The molecule has 1 aromatic carbocycles. The molecule has 3 nitrogen and oxygen atoms in total. The van der Waals surface area contributed by atoms with Gasteiger partial charge in [-0.2, -0.15) is 5.10 Å². The molecule has 0 aliphatic heterocycles. The van der Waals surface area contributed by atoms with E-state index in [0.29, 0.717) is 16.6 Å². The van der Waals surface area contributed by atoms with Crippen molar-refractivity contribution in [2.75, 3.05) is 0 Å². The summed E-state index contributed by atoms with van der Waals surface area (Å²) in [7, 11) is 0. The summed E-state index contributed by atoms with van der Waals surface area (Å²) in [5.74, 6) is -0.558. The Morgan fingerprint density at radius 2 is 2.05 bits per heavy atom. The molecule has 1 aromatic heterocycles. The Kier molecular flexibility index (Phi) is 5.32. The fourth-order valence-electron chi connectivity index (χ4n) is 2.11. The van der Waals surface area contributed by atoms with Crippen LogP contribution >= 0.6 is 31.9 Å². The van der Waals surface area contributed by atoms with Crippen LogP contribution in [0.4, 0.5) is 4.39 Å². The van der Waals surface area contributed by atoms with Crippen molar-refractivity contribution in [3.05, 3.63) is 49.9 Å². The van der Waals surface area contributed by atoms with Gasteiger partial charge in [0, 0.05) is 12.1 Å². The highest BCUT2D eigenvalue weighted by Crippen LogP contribution is 2.24. The van der Waals surface area contributed by atoms with E-state index in [1.807, 2.05) is 18.5 Å². The highest BCUT2D eigenvalue weighted by Gasteiger charge is 2.18. The van der Waals surface area contributed by atoms with E-state index in [1.165, 1.54) is 6.07 Å². The van der Waals surface area contributed by atoms with Gasteiger partial charge in [0.15, 0.2) is 5.78 Å². The van der Waals surface area contributed by atoms with E-state index in [0.717, 1.165) is 22.3 Å². The molecule has 0 amide bonds. The Bertz CT molecular complexity index is 683. The molecule has 0 bridgehead atoms. The minimum atomic E-state index is -0.432. The van der Waals surface area contributed by atoms with E-state index < -0.39 is 5.82 Å². The third-order valence-corrected chi connectivity index (χ3v) is 4.82. The summed E-state index contributed by atoms with van der Waals surface area (Å²) >= 11 is 6.60.